The van der Waals surface area contributed by atoms with Crippen molar-refractivity contribution in [3.63, 3.8) is 0 Å². The molecular formula is C9H21N3O. The second kappa shape index (κ2) is 7.86. The third-order valence-electron chi connectivity index (χ3n) is 1.64. The summed E-state index contributed by atoms with van der Waals surface area (Å²) in [5.74, 6) is 0.776. The van der Waals surface area contributed by atoms with Crippen molar-refractivity contribution >= 4 is 5.96 Å². The predicted octanol–water partition coefficient (Wildman–Crippen LogP) is 1.25. The van der Waals surface area contributed by atoms with E-state index >= 15 is 0 Å². The predicted molar refractivity (Wildman–Crippen MR) is 55.7 cm³/mol. The van der Waals surface area contributed by atoms with Crippen molar-refractivity contribution in [1.82, 2.24) is 10.4 Å². The normalized spacial score (nSPS) is 11.5. The number of hydrogen-bond donors (Lipinski definition) is 1. The minimum atomic E-state index is 0.776. The molecule has 0 amide bonds. The molecule has 1 N–H and O–H groups in total. The Labute approximate surface area is 80.9 Å². The molecule has 0 atom stereocenters. The number of nitrogens with zero attached hydrogens (tertiary/aromatic N) is 2. The van der Waals surface area contributed by atoms with Crippen molar-refractivity contribution in [2.45, 2.75) is 26.2 Å². The molecule has 0 aliphatic carbocycles. The van der Waals surface area contributed by atoms with Crippen LogP contribution in [0.1, 0.15) is 26.2 Å². The summed E-state index contributed by atoms with van der Waals surface area (Å²) in [6, 6.07) is 0. The average Bonchev–Trinajstić information content (AvgIpc) is 2.10. The van der Waals surface area contributed by atoms with Crippen molar-refractivity contribution < 1.29 is 4.84 Å². The van der Waals surface area contributed by atoms with E-state index < -0.39 is 0 Å². The SMILES string of the molecule is CCCCCN=C(NOC)N(C)C. The molecule has 0 unspecified atom stereocenters. The smallest absolute Gasteiger partial charge is 0.217 e. The molecule has 0 aromatic carbocycles. The van der Waals surface area contributed by atoms with Gasteiger partial charge in [-0.2, -0.15) is 0 Å². The van der Waals surface area contributed by atoms with E-state index in [9.17, 15) is 0 Å². The third-order valence-corrected chi connectivity index (χ3v) is 1.64. The minimum absolute atomic E-state index is 0.776. The molecule has 0 rings (SSSR count). The van der Waals surface area contributed by atoms with Crippen LogP contribution in [0, 0.1) is 0 Å². The zero-order valence-corrected chi connectivity index (χ0v) is 9.13. The first-order chi connectivity index (χ1) is 6.22. The molecule has 4 heteroatoms. The Balaban J connectivity index is 3.75. The van der Waals surface area contributed by atoms with Gasteiger partial charge in [-0.25, -0.2) is 5.48 Å². The Bertz CT molecular complexity index is 146. The van der Waals surface area contributed by atoms with Crippen LogP contribution in [0.25, 0.3) is 0 Å². The molecule has 0 fully saturated rings. The fraction of sp³-hybridized carbons (Fsp3) is 0.889. The average molecular weight is 187 g/mol. The first kappa shape index (κ1) is 12.2. The van der Waals surface area contributed by atoms with Gasteiger partial charge < -0.3 is 4.90 Å². The number of guanidine groups is 1. The standard InChI is InChI=1S/C9H21N3O/c1-5-6-7-8-10-9(11-13-4)12(2)3/h5-8H2,1-4H3,(H,10,11). The molecule has 0 saturated carbocycles. The Morgan fingerprint density at radius 3 is 2.54 bits per heavy atom. The largest absolute Gasteiger partial charge is 0.347 e. The maximum Gasteiger partial charge on any atom is 0.217 e. The molecule has 13 heavy (non-hydrogen) atoms. The van der Waals surface area contributed by atoms with Crippen molar-refractivity contribution in [3.05, 3.63) is 0 Å². The first-order valence-electron chi connectivity index (χ1n) is 4.73. The van der Waals surface area contributed by atoms with Gasteiger partial charge in [0, 0.05) is 20.6 Å². The van der Waals surface area contributed by atoms with Crippen molar-refractivity contribution in [2.75, 3.05) is 27.7 Å². The lowest BCUT2D eigenvalue weighted by Gasteiger charge is -2.15. The second-order valence-electron chi connectivity index (χ2n) is 3.11. The van der Waals surface area contributed by atoms with Crippen LogP contribution >= 0.6 is 0 Å². The highest BCUT2D eigenvalue weighted by Gasteiger charge is 1.98. The van der Waals surface area contributed by atoms with Gasteiger partial charge in [0.25, 0.3) is 0 Å². The molecule has 78 valence electrons. The molecule has 0 aliphatic heterocycles. The molecule has 0 bridgehead atoms. The number of nitrogens with one attached hydrogen (secondary N) is 1. The summed E-state index contributed by atoms with van der Waals surface area (Å²) in [7, 11) is 5.46. The van der Waals surface area contributed by atoms with Gasteiger partial charge in [0.15, 0.2) is 0 Å². The first-order valence-corrected chi connectivity index (χ1v) is 4.73. The van der Waals surface area contributed by atoms with Gasteiger partial charge >= 0.3 is 0 Å². The van der Waals surface area contributed by atoms with Crippen LogP contribution in [0.5, 0.6) is 0 Å². The van der Waals surface area contributed by atoms with E-state index in [2.05, 4.69) is 17.4 Å². The highest BCUT2D eigenvalue weighted by atomic mass is 16.6. The number of rotatable bonds is 5. The monoisotopic (exact) mass is 187 g/mol. The van der Waals surface area contributed by atoms with E-state index in [1.165, 1.54) is 12.8 Å². The molecule has 0 aliphatic rings. The number of hydroxylamine groups is 1. The fourth-order valence-electron chi connectivity index (χ4n) is 0.903. The van der Waals surface area contributed by atoms with Gasteiger partial charge in [0.2, 0.25) is 5.96 Å². The van der Waals surface area contributed by atoms with E-state index in [-0.39, 0.29) is 0 Å². The molecule has 0 aromatic heterocycles. The lowest BCUT2D eigenvalue weighted by molar-refractivity contribution is 0.134. The summed E-state index contributed by atoms with van der Waals surface area (Å²) in [5.41, 5.74) is 2.73. The van der Waals surface area contributed by atoms with Gasteiger partial charge in [-0.05, 0) is 6.42 Å². The number of aliphatic imine (C=N–C) groups is 1. The van der Waals surface area contributed by atoms with Crippen LogP contribution in [-0.4, -0.2) is 38.6 Å². The van der Waals surface area contributed by atoms with E-state index in [4.69, 9.17) is 4.84 Å². The fourth-order valence-corrected chi connectivity index (χ4v) is 0.903. The summed E-state index contributed by atoms with van der Waals surface area (Å²) in [4.78, 5) is 11.1. The molecule has 0 aromatic rings. The van der Waals surface area contributed by atoms with Crippen LogP contribution in [0.15, 0.2) is 4.99 Å². The summed E-state index contributed by atoms with van der Waals surface area (Å²) >= 11 is 0. The molecule has 4 nitrogen and oxygen atoms in total. The Kier molecular flexibility index (Phi) is 7.39. The van der Waals surface area contributed by atoms with Gasteiger partial charge in [-0.15, -0.1) is 0 Å². The highest BCUT2D eigenvalue weighted by molar-refractivity contribution is 5.78. The second-order valence-corrected chi connectivity index (χ2v) is 3.11. The summed E-state index contributed by atoms with van der Waals surface area (Å²) < 4.78 is 0. The number of hydrogen-bond acceptors (Lipinski definition) is 2. The molecule has 0 saturated heterocycles. The van der Waals surface area contributed by atoms with Crippen molar-refractivity contribution in [1.29, 1.82) is 0 Å². The zero-order chi connectivity index (χ0) is 10.1. The third kappa shape index (κ3) is 6.40. The summed E-state index contributed by atoms with van der Waals surface area (Å²) in [5, 5.41) is 0. The maximum absolute atomic E-state index is 4.80. The van der Waals surface area contributed by atoms with E-state index in [1.54, 1.807) is 7.11 Å². The minimum Gasteiger partial charge on any atom is -0.347 e. The molecule has 0 heterocycles. The summed E-state index contributed by atoms with van der Waals surface area (Å²) in [6.45, 7) is 3.04. The topological polar surface area (TPSA) is 36.9 Å². The van der Waals surface area contributed by atoms with Gasteiger partial charge in [0.1, 0.15) is 0 Å². The van der Waals surface area contributed by atoms with Crippen LogP contribution in [0.4, 0.5) is 0 Å². The van der Waals surface area contributed by atoms with Crippen molar-refractivity contribution in [3.8, 4) is 0 Å². The van der Waals surface area contributed by atoms with Gasteiger partial charge in [-0.1, -0.05) is 19.8 Å². The van der Waals surface area contributed by atoms with E-state index in [0.29, 0.717) is 0 Å². The van der Waals surface area contributed by atoms with Crippen molar-refractivity contribution in [2.24, 2.45) is 4.99 Å². The lowest BCUT2D eigenvalue weighted by Crippen LogP contribution is -2.35. The Morgan fingerprint density at radius 1 is 1.38 bits per heavy atom. The zero-order valence-electron chi connectivity index (χ0n) is 9.13. The summed E-state index contributed by atoms with van der Waals surface area (Å²) in [6.07, 6.45) is 3.60. The Hall–Kier alpha value is -0.770. The lowest BCUT2D eigenvalue weighted by atomic mass is 10.2. The number of unbranched alkanes of at least 4 members (excludes halogenated alkanes) is 2. The quantitative estimate of drug-likeness (QED) is 0.304. The van der Waals surface area contributed by atoms with Gasteiger partial charge in [-0.3, -0.25) is 9.83 Å². The van der Waals surface area contributed by atoms with E-state index in [1.807, 2.05) is 19.0 Å². The van der Waals surface area contributed by atoms with Crippen LogP contribution in [0.2, 0.25) is 0 Å². The molecule has 0 radical (unpaired) electrons. The maximum atomic E-state index is 4.80. The van der Waals surface area contributed by atoms with Crippen LogP contribution in [0.3, 0.4) is 0 Å². The van der Waals surface area contributed by atoms with Crippen LogP contribution < -0.4 is 5.48 Å². The molecule has 0 spiro atoms. The van der Waals surface area contributed by atoms with Gasteiger partial charge in [0.05, 0.1) is 7.11 Å². The highest BCUT2D eigenvalue weighted by Crippen LogP contribution is 1.94. The van der Waals surface area contributed by atoms with E-state index in [0.717, 1.165) is 18.9 Å². The Morgan fingerprint density at radius 2 is 2.08 bits per heavy atom. The molecular weight excluding hydrogens is 166 g/mol. The van der Waals surface area contributed by atoms with Crippen LogP contribution in [-0.2, 0) is 4.84 Å².